The summed E-state index contributed by atoms with van der Waals surface area (Å²) in [4.78, 5) is 0. The maximum Gasteiger partial charge on any atom is 0.320 e. The van der Waals surface area contributed by atoms with Crippen molar-refractivity contribution < 1.29 is 61.3 Å². The van der Waals surface area contributed by atoms with E-state index in [1.54, 1.807) is 26.0 Å². The number of aliphatic hydroxyl groups excluding tert-OH is 1. The average molecular weight is 873 g/mol. The zero-order valence-electron chi connectivity index (χ0n) is 36.2. The molecule has 0 saturated carbocycles. The van der Waals surface area contributed by atoms with Gasteiger partial charge < -0.3 is 56.9 Å². The topological polar surface area (TPSA) is 122 Å². The first-order valence-corrected chi connectivity index (χ1v) is 23.4. The zero-order chi connectivity index (χ0) is 43.4. The minimum absolute atomic E-state index is 0.0678. The molecule has 5 saturated heterocycles. The molecule has 11 atom stereocenters. The van der Waals surface area contributed by atoms with E-state index in [-0.39, 0.29) is 30.6 Å². The molecule has 9 rings (SSSR count). The molecule has 0 aromatic heterocycles. The van der Waals surface area contributed by atoms with Crippen molar-refractivity contribution >= 4 is 18.7 Å². The predicted octanol–water partition coefficient (Wildman–Crippen LogP) is 6.26. The molecule has 0 unspecified atom stereocenters. The quantitative estimate of drug-likeness (QED) is 0.171. The minimum atomic E-state index is -3.11. The van der Waals surface area contributed by atoms with Crippen molar-refractivity contribution in [3.05, 3.63) is 126 Å². The maximum atomic E-state index is 16.5. The van der Waals surface area contributed by atoms with Crippen molar-refractivity contribution in [2.24, 2.45) is 0 Å². The molecule has 14 heteroatoms. The van der Waals surface area contributed by atoms with Gasteiger partial charge in [0.25, 0.3) is 0 Å². The summed E-state index contributed by atoms with van der Waals surface area (Å²) in [7, 11) is -3.11. The molecule has 0 spiro atoms. The van der Waals surface area contributed by atoms with Crippen molar-refractivity contribution in [2.75, 3.05) is 13.2 Å². The van der Waals surface area contributed by atoms with E-state index in [1.807, 2.05) is 80.6 Å². The standard InChI is InChI=1S/C48H57FO12Si/c1-46(2,3)62(31-19-13-9-14-20-31,32-21-15-10-16-22-32)61-34-24-23-29(25-33(34)49)26-51-40-37(50)44(54-35-27-52-43(55-38(35)40)30-17-11-8-12-18-30)57-41-39(36-28-53-47(4,5)58-36)56-45-42(41)59-48(6,7)60-45/h8-25,35-45,50H,26-28H2,1-7H3/t35-,36-,37+,38-,39-,40-,41+,42-,43-,44+,45-/m1/s1. The highest BCUT2D eigenvalue weighted by molar-refractivity contribution is 7.00. The summed E-state index contributed by atoms with van der Waals surface area (Å²) in [6.07, 6.45) is -9.23. The van der Waals surface area contributed by atoms with Crippen molar-refractivity contribution in [1.29, 1.82) is 0 Å². The fraction of sp³-hybridized carbons (Fsp3) is 0.500. The molecule has 5 fully saturated rings. The summed E-state index contributed by atoms with van der Waals surface area (Å²) < 4.78 is 86.7. The molecule has 4 aromatic rings. The van der Waals surface area contributed by atoms with Gasteiger partial charge in [-0.15, -0.1) is 0 Å². The Morgan fingerprint density at radius 3 is 1.97 bits per heavy atom. The number of ether oxygens (including phenoxy) is 10. The Bertz CT molecular complexity index is 2100. The monoisotopic (exact) mass is 872 g/mol. The summed E-state index contributed by atoms with van der Waals surface area (Å²) in [5, 5.41) is 13.9. The summed E-state index contributed by atoms with van der Waals surface area (Å²) >= 11 is 0. The molecule has 5 aliphatic rings. The summed E-state index contributed by atoms with van der Waals surface area (Å²) in [6, 6.07) is 34.6. The highest BCUT2D eigenvalue weighted by atomic mass is 28.4. The Labute approximate surface area is 363 Å². The Kier molecular flexibility index (Phi) is 12.0. The van der Waals surface area contributed by atoms with Gasteiger partial charge in [0.1, 0.15) is 54.6 Å². The normalized spacial score (nSPS) is 32.9. The lowest BCUT2D eigenvalue weighted by atomic mass is 9.97. The fourth-order valence-electron chi connectivity index (χ4n) is 9.36. The second-order valence-corrected chi connectivity index (χ2v) is 22.8. The van der Waals surface area contributed by atoms with Crippen LogP contribution in [-0.2, 0) is 54.0 Å². The third kappa shape index (κ3) is 8.53. The Hall–Kier alpha value is -3.61. The van der Waals surface area contributed by atoms with Crippen LogP contribution < -0.4 is 14.8 Å². The van der Waals surface area contributed by atoms with E-state index in [4.69, 9.17) is 51.8 Å². The maximum absolute atomic E-state index is 16.5. The van der Waals surface area contributed by atoms with Crippen molar-refractivity contribution in [3.8, 4) is 5.75 Å². The first-order valence-electron chi connectivity index (χ1n) is 21.4. The fourth-order valence-corrected chi connectivity index (χ4v) is 13.8. The Balaban J connectivity index is 0.981. The number of rotatable bonds is 11. The van der Waals surface area contributed by atoms with Gasteiger partial charge in [-0.1, -0.05) is 118 Å². The number of fused-ring (bicyclic) bond motifs is 2. The van der Waals surface area contributed by atoms with E-state index in [0.717, 1.165) is 15.9 Å². The first-order chi connectivity index (χ1) is 29.6. The van der Waals surface area contributed by atoms with Crippen LogP contribution in [0, 0.1) is 5.82 Å². The molecule has 0 radical (unpaired) electrons. The molecule has 0 aliphatic carbocycles. The van der Waals surface area contributed by atoms with Gasteiger partial charge in [-0.3, -0.25) is 0 Å². The van der Waals surface area contributed by atoms with Crippen LogP contribution in [0.15, 0.2) is 109 Å². The van der Waals surface area contributed by atoms with Crippen LogP contribution in [0.5, 0.6) is 5.75 Å². The van der Waals surface area contributed by atoms with E-state index in [2.05, 4.69) is 45.0 Å². The van der Waals surface area contributed by atoms with Crippen LogP contribution in [-0.4, -0.2) is 99.6 Å². The highest BCUT2D eigenvalue weighted by Gasteiger charge is 2.61. The smallest absolute Gasteiger partial charge is 0.320 e. The highest BCUT2D eigenvalue weighted by Crippen LogP contribution is 2.45. The number of halogens is 1. The molecular weight excluding hydrogens is 816 g/mol. The van der Waals surface area contributed by atoms with Crippen molar-refractivity contribution in [3.63, 3.8) is 0 Å². The SMILES string of the molecule is CC1(C)O[C@H]2O[C@H]([C@H]3COC(C)(C)O3)[C@H](O[C@@H]3O[C@@H]4CO[C@@H](c5ccccc5)O[C@H]4[C@H](OCc4ccc(O[Si](c5ccccc5)(c5ccccc5)C(C)(C)C)c(F)c4)[C@@H]3O)[C@H]2O1. The van der Waals surface area contributed by atoms with E-state index in [9.17, 15) is 5.11 Å². The second kappa shape index (κ2) is 17.1. The molecule has 4 aromatic carbocycles. The zero-order valence-corrected chi connectivity index (χ0v) is 37.2. The van der Waals surface area contributed by atoms with Gasteiger partial charge in [0.2, 0.25) is 0 Å². The van der Waals surface area contributed by atoms with Gasteiger partial charge >= 0.3 is 8.32 Å². The van der Waals surface area contributed by atoms with Gasteiger partial charge in [0.15, 0.2) is 36.3 Å². The van der Waals surface area contributed by atoms with Crippen LogP contribution in [0.3, 0.4) is 0 Å². The van der Waals surface area contributed by atoms with Crippen LogP contribution in [0.25, 0.3) is 0 Å². The molecule has 5 heterocycles. The van der Waals surface area contributed by atoms with Crippen molar-refractivity contribution in [1.82, 2.24) is 0 Å². The van der Waals surface area contributed by atoms with Gasteiger partial charge in [-0.2, -0.15) is 0 Å². The number of aliphatic hydroxyl groups is 1. The molecule has 332 valence electrons. The van der Waals surface area contributed by atoms with Gasteiger partial charge in [-0.25, -0.2) is 4.39 Å². The Morgan fingerprint density at radius 1 is 0.710 bits per heavy atom. The minimum Gasteiger partial charge on any atom is -0.532 e. The molecule has 0 bridgehead atoms. The second-order valence-electron chi connectivity index (χ2n) is 18.6. The number of hydrogen-bond donors (Lipinski definition) is 1. The molecule has 0 amide bonds. The van der Waals surface area contributed by atoms with E-state index in [1.165, 1.54) is 6.07 Å². The molecular formula is C48H57FO12Si. The summed E-state index contributed by atoms with van der Waals surface area (Å²) in [6.45, 7) is 14.0. The molecule has 12 nitrogen and oxygen atoms in total. The number of hydrogen-bond acceptors (Lipinski definition) is 12. The third-order valence-corrected chi connectivity index (χ3v) is 17.1. The van der Waals surface area contributed by atoms with Crippen LogP contribution in [0.4, 0.5) is 4.39 Å². The van der Waals surface area contributed by atoms with Gasteiger partial charge in [0.05, 0.1) is 19.8 Å². The predicted molar refractivity (Wildman–Crippen MR) is 226 cm³/mol. The largest absolute Gasteiger partial charge is 0.532 e. The molecule has 62 heavy (non-hydrogen) atoms. The van der Waals surface area contributed by atoms with Crippen molar-refractivity contribution in [2.45, 2.75) is 139 Å². The summed E-state index contributed by atoms with van der Waals surface area (Å²) in [5.41, 5.74) is 1.33. The van der Waals surface area contributed by atoms with Crippen LogP contribution in [0.2, 0.25) is 5.04 Å². The van der Waals surface area contributed by atoms with E-state index in [0.29, 0.717) is 5.56 Å². The van der Waals surface area contributed by atoms with Gasteiger partial charge in [0, 0.05) is 5.56 Å². The third-order valence-electron chi connectivity index (χ3n) is 12.2. The number of benzene rings is 4. The lowest BCUT2D eigenvalue weighted by Crippen LogP contribution is -2.68. The first kappa shape index (κ1) is 43.6. The lowest BCUT2D eigenvalue weighted by molar-refractivity contribution is -0.376. The molecule has 5 aliphatic heterocycles. The van der Waals surface area contributed by atoms with E-state index < -0.39 is 93.4 Å². The Morgan fingerprint density at radius 2 is 1.35 bits per heavy atom. The lowest BCUT2D eigenvalue weighted by Gasteiger charge is -2.48. The average Bonchev–Trinajstić information content (AvgIpc) is 3.88. The van der Waals surface area contributed by atoms with Gasteiger partial charge in [-0.05, 0) is 60.8 Å². The van der Waals surface area contributed by atoms with Crippen LogP contribution >= 0.6 is 0 Å². The molecule has 1 N–H and O–H groups in total. The summed E-state index contributed by atoms with van der Waals surface area (Å²) in [5.74, 6) is -2.15. The van der Waals surface area contributed by atoms with Crippen LogP contribution in [0.1, 0.15) is 65.9 Å². The van der Waals surface area contributed by atoms with E-state index >= 15 is 4.39 Å².